The second-order valence-electron chi connectivity index (χ2n) is 10.4. The van der Waals surface area contributed by atoms with Crippen LogP contribution in [0, 0.1) is 5.82 Å². The summed E-state index contributed by atoms with van der Waals surface area (Å²) in [6.07, 6.45) is 0.552. The highest BCUT2D eigenvalue weighted by Gasteiger charge is 2.53. The molecule has 0 aliphatic carbocycles. The van der Waals surface area contributed by atoms with Gasteiger partial charge in [-0.3, -0.25) is 10.2 Å². The minimum atomic E-state index is -1.38. The van der Waals surface area contributed by atoms with E-state index in [1.807, 2.05) is 78.9 Å². The average molecular weight is 725 g/mol. The highest BCUT2D eigenvalue weighted by atomic mass is 79.9. The topological polar surface area (TPSA) is 92.2 Å². The zero-order valence-corrected chi connectivity index (χ0v) is 27.0. The predicted octanol–water partition coefficient (Wildman–Crippen LogP) is 6.48. The van der Waals surface area contributed by atoms with Gasteiger partial charge in [0.05, 0.1) is 6.61 Å². The Morgan fingerprint density at radius 3 is 2.48 bits per heavy atom. The zero-order chi connectivity index (χ0) is 30.9. The lowest BCUT2D eigenvalue weighted by Gasteiger charge is -2.31. The summed E-state index contributed by atoms with van der Waals surface area (Å²) in [6.45, 7) is 0.847. The second-order valence-corrected chi connectivity index (χ2v) is 12.1. The molecule has 4 aromatic carbocycles. The molecule has 0 spiro atoms. The van der Waals surface area contributed by atoms with Gasteiger partial charge in [0, 0.05) is 46.1 Å². The molecular weight excluding hydrogens is 693 g/mol. The van der Waals surface area contributed by atoms with Crippen molar-refractivity contribution in [3.8, 4) is 5.75 Å². The van der Waals surface area contributed by atoms with Crippen molar-refractivity contribution < 1.29 is 23.8 Å². The monoisotopic (exact) mass is 723 g/mol. The van der Waals surface area contributed by atoms with E-state index in [-0.39, 0.29) is 24.8 Å². The van der Waals surface area contributed by atoms with Crippen LogP contribution in [0.3, 0.4) is 0 Å². The molecule has 0 saturated heterocycles. The molecule has 4 aromatic rings. The lowest BCUT2D eigenvalue weighted by atomic mass is 9.82. The standard InChI is InChI=1S/C34H32Br2FN3O4/c35-26-13-9-24(10-14-26)22-34(33(42)40-38-18-17-23-5-3-6-27(37)21-23)31(29-7-1-2-8-30(29)36)44-32(39-34)25-11-15-28(16-12-25)43-20-4-19-41/h1-3,5-16,21,31,38,41H,4,17-20,22H2,(H,40,42)/t31-,34-/m0/s1. The van der Waals surface area contributed by atoms with Crippen molar-refractivity contribution in [2.24, 2.45) is 4.99 Å². The van der Waals surface area contributed by atoms with Crippen molar-refractivity contribution >= 4 is 43.7 Å². The van der Waals surface area contributed by atoms with Gasteiger partial charge in [-0.15, -0.1) is 0 Å². The lowest BCUT2D eigenvalue weighted by molar-refractivity contribution is -0.130. The fourth-order valence-electron chi connectivity index (χ4n) is 5.01. The summed E-state index contributed by atoms with van der Waals surface area (Å²) in [7, 11) is 0. The molecule has 44 heavy (non-hydrogen) atoms. The first-order valence-electron chi connectivity index (χ1n) is 14.3. The van der Waals surface area contributed by atoms with E-state index in [4.69, 9.17) is 19.6 Å². The molecular formula is C34H32Br2FN3O4. The van der Waals surface area contributed by atoms with Crippen LogP contribution in [0.15, 0.2) is 111 Å². The summed E-state index contributed by atoms with van der Waals surface area (Å²) < 4.78 is 27.6. The van der Waals surface area contributed by atoms with Crippen molar-refractivity contribution in [3.63, 3.8) is 0 Å². The molecule has 0 radical (unpaired) electrons. The van der Waals surface area contributed by atoms with Gasteiger partial charge >= 0.3 is 0 Å². The number of rotatable bonds is 13. The Hall–Kier alpha value is -3.57. The largest absolute Gasteiger partial charge is 0.494 e. The maximum absolute atomic E-state index is 14.3. The molecule has 1 heterocycles. The Bertz CT molecular complexity index is 1600. The van der Waals surface area contributed by atoms with Gasteiger partial charge in [0.15, 0.2) is 11.6 Å². The van der Waals surface area contributed by atoms with Crippen LogP contribution >= 0.6 is 31.9 Å². The number of aliphatic hydroxyl groups is 1. The second kappa shape index (κ2) is 14.9. The van der Waals surface area contributed by atoms with E-state index in [2.05, 4.69) is 42.7 Å². The van der Waals surface area contributed by atoms with Crippen LogP contribution in [0.1, 0.15) is 34.8 Å². The van der Waals surface area contributed by atoms with Crippen LogP contribution in [0.5, 0.6) is 5.75 Å². The summed E-state index contributed by atoms with van der Waals surface area (Å²) in [5, 5.41) is 9.04. The molecule has 5 rings (SSSR count). The van der Waals surface area contributed by atoms with Crippen LogP contribution in [0.25, 0.3) is 0 Å². The number of ether oxygens (including phenoxy) is 2. The van der Waals surface area contributed by atoms with E-state index >= 15 is 0 Å². The number of carbonyl (C=O) groups is 1. The smallest absolute Gasteiger partial charge is 0.266 e. The number of nitrogens with one attached hydrogen (secondary N) is 2. The Kier molecular flexibility index (Phi) is 10.8. The number of hydrogen-bond donors (Lipinski definition) is 3. The van der Waals surface area contributed by atoms with Gasteiger partial charge in [0.1, 0.15) is 11.6 Å². The minimum Gasteiger partial charge on any atom is -0.494 e. The van der Waals surface area contributed by atoms with E-state index in [1.165, 1.54) is 12.1 Å². The Labute approximate surface area is 272 Å². The number of aliphatic imine (C=N–C) groups is 1. The van der Waals surface area contributed by atoms with E-state index in [0.29, 0.717) is 43.2 Å². The van der Waals surface area contributed by atoms with Crippen molar-refractivity contribution in [1.82, 2.24) is 10.9 Å². The molecule has 0 saturated carbocycles. The Balaban J connectivity index is 1.48. The summed E-state index contributed by atoms with van der Waals surface area (Å²) in [5.41, 5.74) is 7.71. The van der Waals surface area contributed by atoms with Gasteiger partial charge in [-0.2, -0.15) is 0 Å². The van der Waals surface area contributed by atoms with Gasteiger partial charge in [-0.05, 0) is 72.1 Å². The highest BCUT2D eigenvalue weighted by Crippen LogP contribution is 2.44. The van der Waals surface area contributed by atoms with Crippen molar-refractivity contribution in [2.75, 3.05) is 19.8 Å². The van der Waals surface area contributed by atoms with Crippen molar-refractivity contribution in [3.05, 3.63) is 134 Å². The van der Waals surface area contributed by atoms with Gasteiger partial charge in [-0.25, -0.2) is 14.8 Å². The molecule has 1 aliphatic rings. The maximum Gasteiger partial charge on any atom is 0.266 e. The molecule has 0 bridgehead atoms. The number of carbonyl (C=O) groups excluding carboxylic acids is 1. The van der Waals surface area contributed by atoms with Gasteiger partial charge in [-0.1, -0.05) is 74.3 Å². The van der Waals surface area contributed by atoms with Crippen LogP contribution in [0.2, 0.25) is 0 Å². The summed E-state index contributed by atoms with van der Waals surface area (Å²) >= 11 is 7.16. The average Bonchev–Trinajstić information content (AvgIpc) is 3.41. The normalized spacial score (nSPS) is 17.5. The van der Waals surface area contributed by atoms with Crippen LogP contribution in [0.4, 0.5) is 4.39 Å². The summed E-state index contributed by atoms with van der Waals surface area (Å²) in [5.74, 6) is 0.328. The number of benzene rings is 4. The predicted molar refractivity (Wildman–Crippen MR) is 175 cm³/mol. The van der Waals surface area contributed by atoms with Gasteiger partial charge < -0.3 is 14.6 Å². The number of hydrazine groups is 1. The summed E-state index contributed by atoms with van der Waals surface area (Å²) in [4.78, 5) is 19.3. The highest BCUT2D eigenvalue weighted by molar-refractivity contribution is 9.10. The molecule has 7 nitrogen and oxygen atoms in total. The number of halogens is 3. The van der Waals surface area contributed by atoms with Gasteiger partial charge in [0.25, 0.3) is 5.91 Å². The van der Waals surface area contributed by atoms with E-state index in [9.17, 15) is 9.18 Å². The first kappa shape index (κ1) is 31.8. The van der Waals surface area contributed by atoms with Gasteiger partial charge in [0.2, 0.25) is 5.90 Å². The first-order valence-corrected chi connectivity index (χ1v) is 15.8. The zero-order valence-electron chi connectivity index (χ0n) is 23.8. The Morgan fingerprint density at radius 1 is 0.977 bits per heavy atom. The molecule has 1 amide bonds. The van der Waals surface area contributed by atoms with Crippen LogP contribution in [-0.2, 0) is 22.4 Å². The molecule has 10 heteroatoms. The number of nitrogens with zero attached hydrogens (tertiary/aromatic N) is 1. The number of aliphatic hydroxyl groups excluding tert-OH is 1. The minimum absolute atomic E-state index is 0.0569. The fraction of sp³-hybridized carbons (Fsp3) is 0.235. The van der Waals surface area contributed by atoms with Crippen molar-refractivity contribution in [2.45, 2.75) is 30.9 Å². The van der Waals surface area contributed by atoms with Crippen LogP contribution in [-0.4, -0.2) is 42.2 Å². The molecule has 0 fully saturated rings. The molecule has 3 N–H and O–H groups in total. The first-order chi connectivity index (χ1) is 21.4. The molecule has 228 valence electrons. The lowest BCUT2D eigenvalue weighted by Crippen LogP contribution is -2.54. The number of amides is 1. The third-order valence-electron chi connectivity index (χ3n) is 7.23. The summed E-state index contributed by atoms with van der Waals surface area (Å²) in [6, 6.07) is 29.1. The quantitative estimate of drug-likeness (QED) is 0.109. The maximum atomic E-state index is 14.3. The van der Waals surface area contributed by atoms with E-state index in [0.717, 1.165) is 25.6 Å². The molecule has 1 aliphatic heterocycles. The Morgan fingerprint density at radius 2 is 1.75 bits per heavy atom. The third kappa shape index (κ3) is 7.74. The van der Waals surface area contributed by atoms with Crippen LogP contribution < -0.4 is 15.6 Å². The van der Waals surface area contributed by atoms with E-state index < -0.39 is 11.6 Å². The molecule has 2 atom stereocenters. The fourth-order valence-corrected chi connectivity index (χ4v) is 5.77. The van der Waals surface area contributed by atoms with E-state index in [1.54, 1.807) is 6.07 Å². The number of hydrogen-bond acceptors (Lipinski definition) is 6. The SMILES string of the molecule is O=C(NNCCc1cccc(F)c1)[C@@]1(Cc2ccc(Br)cc2)N=C(c2ccc(OCCCO)cc2)O[C@H]1c1ccccc1Br. The molecule has 0 aromatic heterocycles. The van der Waals surface area contributed by atoms with Crippen molar-refractivity contribution in [1.29, 1.82) is 0 Å². The molecule has 0 unspecified atom stereocenters. The third-order valence-corrected chi connectivity index (χ3v) is 8.48.